The number of hydrogen-bond donors (Lipinski definition) is 0. The molecule has 610 valence electrons. The highest BCUT2D eigenvalue weighted by atomic mass is 28.4. The smallest absolute Gasteiger partial charge is 0.338 e. The molecule has 17 aromatic carbocycles. The van der Waals surface area contributed by atoms with Crippen LogP contribution in [0.5, 0.6) is 0 Å². The standard InChI is InChI=1S/C81H68N4.C36H30N4Si/c1-53-9-25-61(26-10-53)82(62-27-11-54(2)12-28-62)69-41-45-73-74-46-42-70(83(63-29-13-55(3)14-30-63)64-31-15-56(4)16-32-64)50-78(74)81(77(73)49-69)79-51-71(84(65-33-17-57(5)18-34-65)66-35-19-58(6)20-36-66)43-47-75(79)76-48-44-72(52-80(76)81)85(67-37-21-59(7)22-38-67)68-39-23-60(8)24-40-68;1-5-17-29(18-6-1)37-33-25-13-14-26-34(33)38(30-19-7-2-8-20-30)41(37)39(31-21-9-3-10-22-31)35-27-15-16-28-36(35)40(41)32-23-11-4-12-24-32/h9-52H,1-8H3;1-28,33-34H. The number of para-hydroxylation sites is 6. The van der Waals surface area contributed by atoms with Crippen molar-refractivity contribution in [1.29, 1.82) is 0 Å². The largest absolute Gasteiger partial charge is 0.513 e. The van der Waals surface area contributed by atoms with E-state index in [0.717, 1.165) is 68.2 Å². The van der Waals surface area contributed by atoms with Gasteiger partial charge in [-0.25, -0.2) is 0 Å². The minimum absolute atomic E-state index is 0.140. The zero-order valence-electron chi connectivity index (χ0n) is 72.3. The third-order valence-electron chi connectivity index (χ3n) is 26.0. The predicted octanol–water partition coefficient (Wildman–Crippen LogP) is 30.7. The molecule has 22 rings (SSSR count). The molecule has 1 fully saturated rings. The first kappa shape index (κ1) is 78.1. The van der Waals surface area contributed by atoms with E-state index in [1.807, 2.05) is 0 Å². The maximum Gasteiger partial charge on any atom is 0.513 e. The summed E-state index contributed by atoms with van der Waals surface area (Å²) in [5.74, 6) is 0. The highest BCUT2D eigenvalue weighted by Crippen LogP contribution is 2.66. The lowest BCUT2D eigenvalue weighted by Gasteiger charge is -2.50. The van der Waals surface area contributed by atoms with E-state index in [2.05, 4.69) is 530 Å². The van der Waals surface area contributed by atoms with Crippen molar-refractivity contribution >= 4 is 111 Å². The Labute approximate surface area is 742 Å². The Kier molecular flexibility index (Phi) is 20.0. The monoisotopic (exact) mass is 1640 g/mol. The Morgan fingerprint density at radius 3 is 0.611 bits per heavy atom. The number of benzene rings is 17. The van der Waals surface area contributed by atoms with E-state index < -0.39 is 14.1 Å². The van der Waals surface area contributed by atoms with Crippen LogP contribution >= 0.6 is 0 Å². The fourth-order valence-corrected chi connectivity index (χ4v) is 25.6. The summed E-state index contributed by atoms with van der Waals surface area (Å²) in [7, 11) is -3.15. The van der Waals surface area contributed by atoms with Gasteiger partial charge in [0.25, 0.3) is 0 Å². The molecule has 2 atom stereocenters. The highest BCUT2D eigenvalue weighted by molar-refractivity contribution is 6.97. The molecule has 2 heterocycles. The van der Waals surface area contributed by atoms with Gasteiger partial charge in [-0.15, -0.1) is 0 Å². The van der Waals surface area contributed by atoms with Crippen LogP contribution in [0.2, 0.25) is 0 Å². The van der Waals surface area contributed by atoms with Crippen molar-refractivity contribution in [2.75, 3.05) is 37.9 Å². The topological polar surface area (TPSA) is 25.9 Å². The van der Waals surface area contributed by atoms with Gasteiger partial charge < -0.3 is 37.9 Å². The first-order valence-electron chi connectivity index (χ1n) is 43.9. The SMILES string of the molecule is C1=CC2C(C=C1)N(c1ccccc1)[Si]1(N(c3ccccc3)c3ccccc3N1c1ccccc1)N2c1ccccc1.Cc1ccc(N(c2ccc(C)cc2)c2ccc3c(c2)C2(c4cc(N(c5ccc(C)cc5)c5ccc(C)cc5)ccc4-3)c3cc(N(c4ccc(C)cc4)c4ccc(C)cc4)ccc3-c3ccc(N(c4ccc(C)cc4)c4ccc(C)cc4)cc32)cc1. The number of allylic oxidation sites excluding steroid dienone is 2. The molecule has 5 aliphatic rings. The summed E-state index contributed by atoms with van der Waals surface area (Å²) in [6, 6.07) is 154. The Balaban J connectivity index is 0.000000196. The van der Waals surface area contributed by atoms with Gasteiger partial charge in [0.05, 0.1) is 28.9 Å². The van der Waals surface area contributed by atoms with E-state index >= 15 is 0 Å². The van der Waals surface area contributed by atoms with Crippen LogP contribution in [0.1, 0.15) is 66.8 Å². The van der Waals surface area contributed by atoms with E-state index in [4.69, 9.17) is 0 Å². The zero-order chi connectivity index (χ0) is 85.3. The van der Waals surface area contributed by atoms with E-state index in [9.17, 15) is 0 Å². The Morgan fingerprint density at radius 2 is 0.397 bits per heavy atom. The second kappa shape index (κ2) is 32.3. The van der Waals surface area contributed by atoms with Gasteiger partial charge in [-0.2, -0.15) is 0 Å². The molecule has 3 aliphatic carbocycles. The van der Waals surface area contributed by atoms with Crippen molar-refractivity contribution in [3.8, 4) is 22.3 Å². The van der Waals surface area contributed by atoms with Gasteiger partial charge in [0.15, 0.2) is 0 Å². The number of fused-ring (bicyclic) bond motifs is 12. The maximum absolute atomic E-state index is 3.15. The van der Waals surface area contributed by atoms with Crippen LogP contribution < -0.4 is 37.9 Å². The van der Waals surface area contributed by atoms with E-state index in [-0.39, 0.29) is 12.1 Å². The average molecular weight is 1640 g/mol. The van der Waals surface area contributed by atoms with Crippen LogP contribution in [0, 0.1) is 55.4 Å². The van der Waals surface area contributed by atoms with E-state index in [0.29, 0.717) is 0 Å². The molecular formula is C117H98N8Si. The normalized spacial score (nSPS) is 14.8. The predicted molar refractivity (Wildman–Crippen MR) is 532 cm³/mol. The molecule has 8 nitrogen and oxygen atoms in total. The summed E-state index contributed by atoms with van der Waals surface area (Å²) in [6.07, 6.45) is 9.22. The number of hydrogen-bond acceptors (Lipinski definition) is 8. The Morgan fingerprint density at radius 1 is 0.206 bits per heavy atom. The second-order valence-electron chi connectivity index (χ2n) is 34.3. The minimum atomic E-state index is -3.15. The molecule has 0 N–H and O–H groups in total. The fraction of sp³-hybridized carbons (Fsp3) is 0.0940. The number of nitrogens with zero attached hydrogens (tertiary/aromatic N) is 8. The molecule has 0 amide bonds. The summed E-state index contributed by atoms with van der Waals surface area (Å²) in [4.78, 5) is 9.76. The molecule has 9 heteroatoms. The molecule has 0 aromatic heterocycles. The van der Waals surface area contributed by atoms with Gasteiger partial charge >= 0.3 is 8.72 Å². The minimum Gasteiger partial charge on any atom is -0.338 e. The van der Waals surface area contributed by atoms with Crippen molar-refractivity contribution in [3.63, 3.8) is 0 Å². The first-order chi connectivity index (χ1) is 61.8. The Bertz CT molecular complexity index is 6030. The van der Waals surface area contributed by atoms with Crippen molar-refractivity contribution in [2.24, 2.45) is 0 Å². The van der Waals surface area contributed by atoms with Crippen LogP contribution in [0.15, 0.2) is 437 Å². The third kappa shape index (κ3) is 13.4. The van der Waals surface area contributed by atoms with Crippen LogP contribution in [-0.4, -0.2) is 20.8 Å². The molecule has 126 heavy (non-hydrogen) atoms. The van der Waals surface area contributed by atoms with Gasteiger partial charge in [0.1, 0.15) is 0 Å². The first-order valence-corrected chi connectivity index (χ1v) is 45.7. The molecular weight excluding hydrogens is 1550 g/mol. The highest BCUT2D eigenvalue weighted by Gasteiger charge is 2.72. The lowest BCUT2D eigenvalue weighted by atomic mass is 9.70. The van der Waals surface area contributed by atoms with Crippen LogP contribution in [0.4, 0.5) is 102 Å². The van der Waals surface area contributed by atoms with Gasteiger partial charge in [-0.3, -0.25) is 0 Å². The van der Waals surface area contributed by atoms with E-state index in [1.54, 1.807) is 0 Å². The van der Waals surface area contributed by atoms with Crippen LogP contribution in [0.3, 0.4) is 0 Å². The van der Waals surface area contributed by atoms with Crippen molar-refractivity contribution < 1.29 is 0 Å². The second-order valence-corrected chi connectivity index (χ2v) is 37.3. The molecule has 0 saturated carbocycles. The van der Waals surface area contributed by atoms with Crippen LogP contribution in [0.25, 0.3) is 22.3 Å². The van der Waals surface area contributed by atoms with E-state index in [1.165, 1.54) is 123 Å². The fourth-order valence-electron chi connectivity index (χ4n) is 20.0. The summed E-state index contributed by atoms with van der Waals surface area (Å²) in [5, 5.41) is 0. The molecule has 2 aliphatic heterocycles. The van der Waals surface area contributed by atoms with Crippen LogP contribution in [-0.2, 0) is 5.41 Å². The molecule has 0 bridgehead atoms. The molecule has 17 aromatic rings. The summed E-state index contributed by atoms with van der Waals surface area (Å²) in [5.41, 5.74) is 39.2. The summed E-state index contributed by atoms with van der Waals surface area (Å²) >= 11 is 0. The van der Waals surface area contributed by atoms with Gasteiger partial charge in [0, 0.05) is 91.0 Å². The maximum atomic E-state index is 2.75. The zero-order valence-corrected chi connectivity index (χ0v) is 73.3. The molecule has 2 unspecified atom stereocenters. The summed E-state index contributed by atoms with van der Waals surface area (Å²) in [6.45, 7) is 17.3. The van der Waals surface area contributed by atoms with Gasteiger partial charge in [-0.1, -0.05) is 275 Å². The van der Waals surface area contributed by atoms with Gasteiger partial charge in [0.2, 0.25) is 0 Å². The van der Waals surface area contributed by atoms with Gasteiger partial charge in [-0.05, 0) is 306 Å². The quantitative estimate of drug-likeness (QED) is 0.0883. The van der Waals surface area contributed by atoms with Crippen molar-refractivity contribution in [2.45, 2.75) is 72.9 Å². The summed E-state index contributed by atoms with van der Waals surface area (Å²) < 4.78 is 10.9. The third-order valence-corrected chi connectivity index (χ3v) is 30.6. The molecule has 0 radical (unpaired) electrons. The lowest BCUT2D eigenvalue weighted by molar-refractivity contribution is 0.745. The molecule has 2 spiro atoms. The average Bonchev–Trinajstić information content (AvgIpc) is 1.50. The molecule has 1 saturated heterocycles. The number of aryl methyl sites for hydroxylation is 8. The number of rotatable bonds is 16. The van der Waals surface area contributed by atoms with Crippen molar-refractivity contribution in [1.82, 2.24) is 0 Å². The number of anilines is 18. The lowest BCUT2D eigenvalue weighted by Crippen LogP contribution is -2.77. The Hall–Kier alpha value is -15.2. The van der Waals surface area contributed by atoms with Crippen molar-refractivity contribution in [3.05, 3.63) is 504 Å².